The summed E-state index contributed by atoms with van der Waals surface area (Å²) < 4.78 is 19.0. The van der Waals surface area contributed by atoms with E-state index in [1.165, 1.54) is 29.8 Å². The maximum absolute atomic E-state index is 13.8. The van der Waals surface area contributed by atoms with Crippen molar-refractivity contribution in [3.05, 3.63) is 88.6 Å². The summed E-state index contributed by atoms with van der Waals surface area (Å²) in [5, 5.41) is 13.2. The standard InChI is InChI=1S/C36H43FN6O5/c1-24-33-30(48-41-24)21-39-31(44)19-27-12-16-42(22-25-5-3-2-4-6-25)23-28(27)11-15-38-32(45)20-36(40-34(33)46)13-17-43(18-14-36)35(47)26-7-9-29(37)10-8-26/h2-10,27-28H,11-23H2,1H3,(H,38,45)(H,39,44)(H,40,46)/t27-,28-/m0/s1. The number of carbonyl (C=O) groups is 4. The molecule has 3 aliphatic heterocycles. The van der Waals surface area contributed by atoms with Crippen molar-refractivity contribution in [1.29, 1.82) is 0 Å². The van der Waals surface area contributed by atoms with Gasteiger partial charge in [-0.1, -0.05) is 35.5 Å². The first-order valence-electron chi connectivity index (χ1n) is 16.8. The van der Waals surface area contributed by atoms with Crippen LogP contribution in [0, 0.1) is 24.6 Å². The minimum Gasteiger partial charge on any atom is -0.358 e. The Hall–Kier alpha value is -4.58. The molecule has 4 amide bonds. The third-order valence-corrected chi connectivity index (χ3v) is 10.1. The van der Waals surface area contributed by atoms with Crippen LogP contribution in [0.5, 0.6) is 0 Å². The lowest BCUT2D eigenvalue weighted by Gasteiger charge is -2.42. The average molecular weight is 659 g/mol. The number of amides is 4. The second kappa shape index (κ2) is 14.7. The molecule has 2 saturated heterocycles. The fraction of sp³-hybridized carbons (Fsp3) is 0.472. The lowest BCUT2D eigenvalue weighted by Crippen LogP contribution is -2.58. The summed E-state index contributed by atoms with van der Waals surface area (Å²) >= 11 is 0. The van der Waals surface area contributed by atoms with Crippen molar-refractivity contribution in [1.82, 2.24) is 30.9 Å². The molecule has 2 aromatic carbocycles. The van der Waals surface area contributed by atoms with Crippen LogP contribution >= 0.6 is 0 Å². The van der Waals surface area contributed by atoms with Gasteiger partial charge < -0.3 is 25.4 Å². The molecule has 4 heterocycles. The first kappa shape index (κ1) is 33.3. The lowest BCUT2D eigenvalue weighted by molar-refractivity contribution is -0.124. The zero-order valence-corrected chi connectivity index (χ0v) is 27.3. The number of piperidine rings is 2. The quantitative estimate of drug-likeness (QED) is 0.392. The summed E-state index contributed by atoms with van der Waals surface area (Å²) in [6.07, 6.45) is 2.66. The van der Waals surface area contributed by atoms with E-state index in [4.69, 9.17) is 4.52 Å². The second-order valence-electron chi connectivity index (χ2n) is 13.4. The molecule has 3 N–H and O–H groups in total. The number of rotatable bonds is 3. The van der Waals surface area contributed by atoms with E-state index in [0.29, 0.717) is 50.2 Å². The monoisotopic (exact) mass is 658 g/mol. The summed E-state index contributed by atoms with van der Waals surface area (Å²) in [4.78, 5) is 57.8. The highest BCUT2D eigenvalue weighted by atomic mass is 19.1. The largest absolute Gasteiger partial charge is 0.358 e. The Morgan fingerprint density at radius 2 is 1.71 bits per heavy atom. The molecular formula is C36H43FN6O5. The summed E-state index contributed by atoms with van der Waals surface area (Å²) in [6.45, 7) is 5.28. The molecule has 0 unspecified atom stereocenters. The van der Waals surface area contributed by atoms with Crippen molar-refractivity contribution in [2.24, 2.45) is 11.8 Å². The van der Waals surface area contributed by atoms with Crippen LogP contribution in [-0.4, -0.2) is 76.8 Å². The molecule has 2 fully saturated rings. The van der Waals surface area contributed by atoms with E-state index in [2.05, 4.69) is 38.1 Å². The van der Waals surface area contributed by atoms with Crippen molar-refractivity contribution in [2.75, 3.05) is 32.7 Å². The predicted molar refractivity (Wildman–Crippen MR) is 175 cm³/mol. The van der Waals surface area contributed by atoms with E-state index in [0.717, 1.165) is 32.5 Å². The lowest BCUT2D eigenvalue weighted by atomic mass is 9.80. The Kier molecular flexibility index (Phi) is 10.2. The molecule has 0 aliphatic carbocycles. The van der Waals surface area contributed by atoms with Crippen LogP contribution in [0.2, 0.25) is 0 Å². The van der Waals surface area contributed by atoms with E-state index in [-0.39, 0.29) is 53.8 Å². The van der Waals surface area contributed by atoms with Gasteiger partial charge in [-0.25, -0.2) is 4.39 Å². The number of aryl methyl sites for hydroxylation is 1. The fourth-order valence-electron chi connectivity index (χ4n) is 7.38. The topological polar surface area (TPSA) is 137 Å². The van der Waals surface area contributed by atoms with Crippen molar-refractivity contribution < 1.29 is 28.1 Å². The van der Waals surface area contributed by atoms with Gasteiger partial charge in [-0.3, -0.25) is 24.1 Å². The number of nitrogens with one attached hydrogen (secondary N) is 3. The summed E-state index contributed by atoms with van der Waals surface area (Å²) in [7, 11) is 0. The van der Waals surface area contributed by atoms with Gasteiger partial charge in [0.25, 0.3) is 11.8 Å². The molecule has 1 aromatic heterocycles. The van der Waals surface area contributed by atoms with E-state index in [1.807, 2.05) is 18.2 Å². The molecule has 1 spiro atoms. The van der Waals surface area contributed by atoms with Crippen LogP contribution in [0.4, 0.5) is 4.39 Å². The van der Waals surface area contributed by atoms with Crippen LogP contribution in [0.3, 0.4) is 0 Å². The molecule has 2 atom stereocenters. The smallest absolute Gasteiger partial charge is 0.257 e. The fourth-order valence-corrected chi connectivity index (χ4v) is 7.38. The van der Waals surface area contributed by atoms with E-state index < -0.39 is 17.3 Å². The van der Waals surface area contributed by atoms with Gasteiger partial charge in [0.05, 0.1) is 17.8 Å². The highest BCUT2D eigenvalue weighted by Gasteiger charge is 2.41. The van der Waals surface area contributed by atoms with Crippen LogP contribution in [0.1, 0.15) is 76.3 Å². The third kappa shape index (κ3) is 7.92. The third-order valence-electron chi connectivity index (χ3n) is 10.1. The molecule has 0 bridgehead atoms. The van der Waals surface area contributed by atoms with E-state index >= 15 is 0 Å². The molecule has 11 nitrogen and oxygen atoms in total. The van der Waals surface area contributed by atoms with Crippen molar-refractivity contribution >= 4 is 23.6 Å². The van der Waals surface area contributed by atoms with Crippen LogP contribution in [-0.2, 0) is 22.7 Å². The average Bonchev–Trinajstić information content (AvgIpc) is 3.45. The summed E-state index contributed by atoms with van der Waals surface area (Å²) in [5.74, 6) is -0.790. The van der Waals surface area contributed by atoms with Gasteiger partial charge in [0, 0.05) is 51.1 Å². The maximum Gasteiger partial charge on any atom is 0.257 e. The van der Waals surface area contributed by atoms with Gasteiger partial charge >= 0.3 is 0 Å². The van der Waals surface area contributed by atoms with Gasteiger partial charge in [0.15, 0.2) is 5.76 Å². The Bertz CT molecular complexity index is 1620. The van der Waals surface area contributed by atoms with E-state index in [1.54, 1.807) is 11.8 Å². The summed E-state index contributed by atoms with van der Waals surface area (Å²) in [5.41, 5.74) is 1.31. The maximum atomic E-state index is 13.8. The number of benzene rings is 2. The van der Waals surface area contributed by atoms with Crippen molar-refractivity contribution in [3.63, 3.8) is 0 Å². The Morgan fingerprint density at radius 1 is 0.958 bits per heavy atom. The first-order valence-corrected chi connectivity index (χ1v) is 16.8. The summed E-state index contributed by atoms with van der Waals surface area (Å²) in [6, 6.07) is 15.7. The zero-order chi connectivity index (χ0) is 33.7. The number of aromatic nitrogens is 1. The van der Waals surface area contributed by atoms with Crippen LogP contribution < -0.4 is 16.0 Å². The number of likely N-dealkylation sites (tertiary alicyclic amines) is 2. The molecule has 0 radical (unpaired) electrons. The highest BCUT2D eigenvalue weighted by molar-refractivity contribution is 5.97. The molecule has 12 heteroatoms. The van der Waals surface area contributed by atoms with E-state index in [9.17, 15) is 23.6 Å². The number of nitrogens with zero attached hydrogens (tertiary/aromatic N) is 3. The Balaban J connectivity index is 1.19. The Labute approximate surface area is 279 Å². The highest BCUT2D eigenvalue weighted by Crippen LogP contribution is 2.31. The molecule has 3 aliphatic rings. The van der Waals surface area contributed by atoms with Gasteiger partial charge in [0.2, 0.25) is 11.8 Å². The normalized spacial score (nSPS) is 22.6. The van der Waals surface area contributed by atoms with Gasteiger partial charge in [0.1, 0.15) is 11.4 Å². The molecular weight excluding hydrogens is 615 g/mol. The van der Waals surface area contributed by atoms with Gasteiger partial charge in [-0.15, -0.1) is 0 Å². The number of hydrogen-bond acceptors (Lipinski definition) is 7. The second-order valence-corrected chi connectivity index (χ2v) is 13.4. The number of fused-ring (bicyclic) bond motifs is 2. The zero-order valence-electron chi connectivity index (χ0n) is 27.3. The number of hydrogen-bond donors (Lipinski definition) is 3. The minimum atomic E-state index is -0.929. The van der Waals surface area contributed by atoms with Crippen molar-refractivity contribution in [3.8, 4) is 0 Å². The molecule has 0 saturated carbocycles. The minimum absolute atomic E-state index is 0.0212. The number of halogens is 1. The van der Waals surface area contributed by atoms with Crippen molar-refractivity contribution in [2.45, 2.75) is 64.1 Å². The van der Waals surface area contributed by atoms with Gasteiger partial charge in [-0.05, 0) is 80.8 Å². The van der Waals surface area contributed by atoms with Crippen LogP contribution in [0.25, 0.3) is 0 Å². The SMILES string of the molecule is Cc1noc2c1C(=O)NC1(CCN(C(=O)c3ccc(F)cc3)CC1)CC(=O)NCC[C@H]1CN(Cc3ccccc3)CC[C@H]1CC(=O)NC2. The molecule has 48 heavy (non-hydrogen) atoms. The predicted octanol–water partition coefficient (Wildman–Crippen LogP) is 3.58. The molecule has 3 aromatic rings. The number of carbonyl (C=O) groups excluding carboxylic acids is 4. The molecule has 254 valence electrons. The first-order chi connectivity index (χ1) is 23.2. The molecule has 6 rings (SSSR count). The Morgan fingerprint density at radius 3 is 2.46 bits per heavy atom. The van der Waals surface area contributed by atoms with Crippen LogP contribution in [0.15, 0.2) is 59.1 Å². The van der Waals surface area contributed by atoms with Gasteiger partial charge in [-0.2, -0.15) is 0 Å².